The minimum absolute atomic E-state index is 0.254. The lowest BCUT2D eigenvalue weighted by atomic mass is 10.5. The van der Waals surface area contributed by atoms with Gasteiger partial charge in [0.15, 0.2) is 0 Å². The molecule has 10 nitrogen and oxygen atoms in total. The summed E-state index contributed by atoms with van der Waals surface area (Å²) in [5.41, 5.74) is 8.10. The van der Waals surface area contributed by atoms with E-state index in [0.29, 0.717) is 58.6 Å². The van der Waals surface area contributed by atoms with Crippen LogP contribution in [0.25, 0.3) is 10.4 Å². The van der Waals surface area contributed by atoms with Crippen LogP contribution < -0.4 is 10.6 Å². The van der Waals surface area contributed by atoms with E-state index in [1.54, 1.807) is 0 Å². The molecular weight excluding hydrogens is 346 g/mol. The minimum atomic E-state index is -2.64. The molecule has 0 fully saturated rings. The number of amides is 2. The van der Waals surface area contributed by atoms with Crippen LogP contribution >= 0.6 is 0 Å². The van der Waals surface area contributed by atoms with Crippen molar-refractivity contribution in [2.45, 2.75) is 33.2 Å². The lowest BCUT2D eigenvalue weighted by Gasteiger charge is -2.28. The maximum atomic E-state index is 11.7. The number of ether oxygens (including phenoxy) is 1. The lowest BCUT2D eigenvalue weighted by molar-refractivity contribution is 0.0708. The van der Waals surface area contributed by atoms with Gasteiger partial charge in [0.25, 0.3) is 0 Å². The van der Waals surface area contributed by atoms with Crippen LogP contribution in [0.15, 0.2) is 5.11 Å². The second kappa shape index (κ2) is 16.1. The molecule has 0 aromatic heterocycles. The zero-order valence-corrected chi connectivity index (χ0v) is 16.5. The van der Waals surface area contributed by atoms with Gasteiger partial charge in [-0.15, -0.1) is 0 Å². The molecule has 146 valence electrons. The fourth-order valence-electron chi connectivity index (χ4n) is 2.06. The number of nitrogens with zero attached hydrogens (tertiary/aromatic N) is 3. The van der Waals surface area contributed by atoms with Crippen molar-refractivity contribution in [3.8, 4) is 0 Å². The molecule has 25 heavy (non-hydrogen) atoms. The molecule has 11 heteroatoms. The van der Waals surface area contributed by atoms with Crippen LogP contribution in [-0.2, 0) is 18.0 Å². The van der Waals surface area contributed by atoms with Crippen LogP contribution in [-0.4, -0.2) is 67.5 Å². The van der Waals surface area contributed by atoms with Crippen molar-refractivity contribution in [1.82, 2.24) is 10.6 Å². The van der Waals surface area contributed by atoms with Crippen molar-refractivity contribution >= 4 is 14.8 Å². The summed E-state index contributed by atoms with van der Waals surface area (Å²) < 4.78 is 22.5. The molecule has 0 aromatic carbocycles. The molecule has 0 rings (SSSR count). The standard InChI is InChI=1S/C14H31N5O5Si/c1-4-22-25(23-5-2,24-6-3)13-7-8-16-14(20)17-9-11-21-12-10-18-19-15/h4-13H2,1-3H3,(H2,16,17,20). The molecule has 0 aliphatic heterocycles. The first-order chi connectivity index (χ1) is 12.1. The van der Waals surface area contributed by atoms with E-state index >= 15 is 0 Å². The van der Waals surface area contributed by atoms with Crippen LogP contribution in [0.2, 0.25) is 6.04 Å². The highest BCUT2D eigenvalue weighted by atomic mass is 28.4. The summed E-state index contributed by atoms with van der Waals surface area (Å²) in [6.45, 7) is 9.26. The first-order valence-corrected chi connectivity index (χ1v) is 10.6. The number of azide groups is 1. The van der Waals surface area contributed by atoms with Gasteiger partial charge in [0.05, 0.1) is 13.2 Å². The van der Waals surface area contributed by atoms with Crippen molar-refractivity contribution in [2.75, 3.05) is 52.7 Å². The Balaban J connectivity index is 3.88. The fourth-order valence-corrected chi connectivity index (χ4v) is 4.67. The van der Waals surface area contributed by atoms with Crippen molar-refractivity contribution in [2.24, 2.45) is 5.11 Å². The Bertz CT molecular complexity index is 379. The highest BCUT2D eigenvalue weighted by molar-refractivity contribution is 6.60. The van der Waals surface area contributed by atoms with E-state index in [4.69, 9.17) is 23.5 Å². The molecule has 0 radical (unpaired) electrons. The SMILES string of the molecule is CCO[Si](CCCNC(=O)NCCOCCN=[N+]=[N-])(OCC)OCC. The Morgan fingerprint density at radius 3 is 2.20 bits per heavy atom. The Morgan fingerprint density at radius 2 is 1.64 bits per heavy atom. The van der Waals surface area contributed by atoms with E-state index in [-0.39, 0.29) is 12.6 Å². The van der Waals surface area contributed by atoms with E-state index in [1.807, 2.05) is 20.8 Å². The van der Waals surface area contributed by atoms with Gasteiger partial charge in [0.1, 0.15) is 0 Å². The molecule has 0 aromatic rings. The van der Waals surface area contributed by atoms with Crippen LogP contribution in [0, 0.1) is 0 Å². The van der Waals surface area contributed by atoms with E-state index < -0.39 is 8.80 Å². The van der Waals surface area contributed by atoms with Crippen LogP contribution in [0.3, 0.4) is 0 Å². The molecule has 0 atom stereocenters. The van der Waals surface area contributed by atoms with Gasteiger partial charge in [0, 0.05) is 50.4 Å². The molecule has 0 saturated heterocycles. The Labute approximate surface area is 150 Å². The fraction of sp³-hybridized carbons (Fsp3) is 0.929. The largest absolute Gasteiger partial charge is 0.500 e. The quantitative estimate of drug-likeness (QED) is 0.140. The average Bonchev–Trinajstić information content (AvgIpc) is 2.59. The monoisotopic (exact) mass is 377 g/mol. The summed E-state index contributed by atoms with van der Waals surface area (Å²) in [7, 11) is -2.64. The van der Waals surface area contributed by atoms with Crippen molar-refractivity contribution in [1.29, 1.82) is 0 Å². The minimum Gasteiger partial charge on any atom is -0.379 e. The highest BCUT2D eigenvalue weighted by Gasteiger charge is 2.39. The van der Waals surface area contributed by atoms with E-state index in [9.17, 15) is 4.79 Å². The second-order valence-electron chi connectivity index (χ2n) is 4.84. The summed E-state index contributed by atoms with van der Waals surface area (Å²) in [6, 6.07) is 0.404. The zero-order valence-electron chi connectivity index (χ0n) is 15.5. The van der Waals surface area contributed by atoms with Gasteiger partial charge in [0.2, 0.25) is 0 Å². The van der Waals surface area contributed by atoms with Gasteiger partial charge in [-0.2, -0.15) is 0 Å². The molecule has 0 unspecified atom stereocenters. The number of rotatable bonds is 16. The number of hydrogen-bond acceptors (Lipinski definition) is 6. The third kappa shape index (κ3) is 12.6. The average molecular weight is 378 g/mol. The maximum absolute atomic E-state index is 11.7. The molecule has 0 spiro atoms. The number of urea groups is 1. The summed E-state index contributed by atoms with van der Waals surface area (Å²) in [6.07, 6.45) is 0.711. The predicted molar refractivity (Wildman–Crippen MR) is 96.3 cm³/mol. The molecule has 0 heterocycles. The topological polar surface area (TPSA) is 127 Å². The maximum Gasteiger partial charge on any atom is 0.500 e. The number of carbonyl (C=O) groups excluding carboxylic acids is 1. The first kappa shape index (κ1) is 23.6. The number of hydrogen-bond donors (Lipinski definition) is 2. The molecule has 0 saturated carbocycles. The Morgan fingerprint density at radius 1 is 1.04 bits per heavy atom. The van der Waals surface area contributed by atoms with Gasteiger partial charge in [-0.25, -0.2) is 4.79 Å². The van der Waals surface area contributed by atoms with Crippen molar-refractivity contribution in [3.05, 3.63) is 10.4 Å². The molecule has 2 amide bonds. The summed E-state index contributed by atoms with van der Waals surface area (Å²) in [4.78, 5) is 14.3. The Hall–Kier alpha value is -1.36. The lowest BCUT2D eigenvalue weighted by Crippen LogP contribution is -2.46. The van der Waals surface area contributed by atoms with E-state index in [0.717, 1.165) is 0 Å². The van der Waals surface area contributed by atoms with Crippen molar-refractivity contribution in [3.63, 3.8) is 0 Å². The second-order valence-corrected chi connectivity index (χ2v) is 7.57. The van der Waals surface area contributed by atoms with Gasteiger partial charge < -0.3 is 28.6 Å². The van der Waals surface area contributed by atoms with Gasteiger partial charge >= 0.3 is 14.8 Å². The van der Waals surface area contributed by atoms with Gasteiger partial charge in [-0.3, -0.25) is 0 Å². The van der Waals surface area contributed by atoms with E-state index in [1.165, 1.54) is 0 Å². The van der Waals surface area contributed by atoms with Gasteiger partial charge in [-0.05, 0) is 32.7 Å². The van der Waals surface area contributed by atoms with Crippen LogP contribution in [0.4, 0.5) is 4.79 Å². The Kier molecular flexibility index (Phi) is 15.2. The zero-order chi connectivity index (χ0) is 18.8. The van der Waals surface area contributed by atoms with E-state index in [2.05, 4.69) is 20.7 Å². The molecule has 0 aliphatic carbocycles. The molecule has 2 N–H and O–H groups in total. The summed E-state index contributed by atoms with van der Waals surface area (Å²) >= 11 is 0. The van der Waals surface area contributed by atoms with Crippen LogP contribution in [0.1, 0.15) is 27.2 Å². The first-order valence-electron chi connectivity index (χ1n) is 8.66. The molecule has 0 bridgehead atoms. The molecular formula is C14H31N5O5Si. The van der Waals surface area contributed by atoms with Gasteiger partial charge in [-0.1, -0.05) is 5.11 Å². The number of carbonyl (C=O) groups is 1. The predicted octanol–water partition coefficient (Wildman–Crippen LogP) is 2.05. The third-order valence-electron chi connectivity index (χ3n) is 2.97. The molecule has 0 aliphatic rings. The van der Waals surface area contributed by atoms with Crippen LogP contribution in [0.5, 0.6) is 0 Å². The highest BCUT2D eigenvalue weighted by Crippen LogP contribution is 2.17. The normalized spacial score (nSPS) is 11.0. The van der Waals surface area contributed by atoms with Crippen molar-refractivity contribution < 1.29 is 22.8 Å². The summed E-state index contributed by atoms with van der Waals surface area (Å²) in [5, 5.41) is 8.80. The smallest absolute Gasteiger partial charge is 0.379 e. The summed E-state index contributed by atoms with van der Waals surface area (Å²) in [5.74, 6) is 0. The number of nitrogens with one attached hydrogen (secondary N) is 2. The third-order valence-corrected chi connectivity index (χ3v) is 6.12.